The molecule has 2 aliphatic heterocycles. The van der Waals surface area contributed by atoms with Gasteiger partial charge >= 0.3 is 5.97 Å². The average molecular weight is 341 g/mol. The highest BCUT2D eigenvalue weighted by Gasteiger charge is 2.62. The highest BCUT2D eigenvalue weighted by atomic mass is 32.2. The average Bonchev–Trinajstić information content (AvgIpc) is 3.10. The number of aromatic nitrogens is 4. The van der Waals surface area contributed by atoms with Gasteiger partial charge in [-0.15, -0.1) is 16.9 Å². The molecule has 0 radical (unpaired) electrons. The van der Waals surface area contributed by atoms with Gasteiger partial charge in [-0.2, -0.15) is 0 Å². The molecule has 23 heavy (non-hydrogen) atoms. The maximum absolute atomic E-state index is 12.0. The van der Waals surface area contributed by atoms with Gasteiger partial charge in [-0.3, -0.25) is 9.59 Å². The number of aryl methyl sites for hydroxylation is 1. The molecular weight excluding hydrogens is 322 g/mol. The number of aliphatic hydroxyl groups is 1. The van der Waals surface area contributed by atoms with E-state index >= 15 is 0 Å². The third-order valence-electron chi connectivity index (χ3n) is 4.47. The number of aliphatic carboxylic acids is 1. The Hall–Kier alpha value is -1.68. The van der Waals surface area contributed by atoms with E-state index in [0.717, 1.165) is 6.42 Å². The summed E-state index contributed by atoms with van der Waals surface area (Å²) in [7, 11) is 0. The molecule has 3 rings (SSSR count). The van der Waals surface area contributed by atoms with E-state index in [0.29, 0.717) is 19.4 Å². The Kier molecular flexibility index (Phi) is 4.28. The summed E-state index contributed by atoms with van der Waals surface area (Å²) in [5.41, 5.74) is 0. The number of β-lactam (4-membered cyclic amide) rings is 1. The van der Waals surface area contributed by atoms with Gasteiger partial charge in [-0.1, -0.05) is 0 Å². The molecule has 0 spiro atoms. The molecule has 1 aromatic heterocycles. The number of hydrogen-bond acceptors (Lipinski definition) is 7. The molecule has 2 N–H and O–H groups in total. The number of aliphatic hydroxyl groups excluding tert-OH is 1. The second kappa shape index (κ2) is 6.08. The first-order chi connectivity index (χ1) is 10.9. The first-order valence-corrected chi connectivity index (χ1v) is 8.43. The van der Waals surface area contributed by atoms with Crippen LogP contribution in [0.15, 0.2) is 6.33 Å². The molecule has 126 valence electrons. The summed E-state index contributed by atoms with van der Waals surface area (Å²) < 4.78 is 0.625. The van der Waals surface area contributed by atoms with E-state index in [4.69, 9.17) is 0 Å². The van der Waals surface area contributed by atoms with Crippen LogP contribution < -0.4 is 0 Å². The lowest BCUT2D eigenvalue weighted by molar-refractivity contribution is -0.156. The van der Waals surface area contributed by atoms with Gasteiger partial charge in [0.05, 0.1) is 17.4 Å². The number of fused-ring (bicyclic) bond motifs is 1. The SMILES string of the molecule is C[C@@H](O)[C@H]1C(=O)N2CC(CCCCn3cnnn3)(C(=O)O)S[C@H]12. The van der Waals surface area contributed by atoms with E-state index in [1.165, 1.54) is 18.1 Å². The Balaban J connectivity index is 1.59. The number of unbranched alkanes of at least 4 members (excludes halogenated alkanes) is 1. The van der Waals surface area contributed by atoms with Crippen molar-refractivity contribution in [2.24, 2.45) is 5.92 Å². The third kappa shape index (κ3) is 2.80. The van der Waals surface area contributed by atoms with Gasteiger partial charge in [-0.25, -0.2) is 4.68 Å². The number of amides is 1. The van der Waals surface area contributed by atoms with Gasteiger partial charge < -0.3 is 15.1 Å². The highest BCUT2D eigenvalue weighted by Crippen LogP contribution is 2.52. The maximum atomic E-state index is 12.0. The van der Waals surface area contributed by atoms with Crippen LogP contribution in [0.2, 0.25) is 0 Å². The van der Waals surface area contributed by atoms with Crippen LogP contribution in [0, 0.1) is 5.92 Å². The Labute approximate surface area is 137 Å². The maximum Gasteiger partial charge on any atom is 0.321 e. The van der Waals surface area contributed by atoms with E-state index in [9.17, 15) is 19.8 Å². The number of thioether (sulfide) groups is 1. The van der Waals surface area contributed by atoms with Crippen LogP contribution in [0.1, 0.15) is 26.2 Å². The van der Waals surface area contributed by atoms with Crippen molar-refractivity contribution in [1.82, 2.24) is 25.1 Å². The van der Waals surface area contributed by atoms with Crippen molar-refractivity contribution in [2.45, 2.75) is 49.0 Å². The summed E-state index contributed by atoms with van der Waals surface area (Å²) in [5, 5.41) is 30.0. The molecule has 4 atom stereocenters. The summed E-state index contributed by atoms with van der Waals surface area (Å²) in [6, 6.07) is 0. The Morgan fingerprint density at radius 3 is 2.96 bits per heavy atom. The fourth-order valence-electron chi connectivity index (χ4n) is 3.17. The number of nitrogens with zero attached hydrogens (tertiary/aromatic N) is 5. The van der Waals surface area contributed by atoms with Crippen LogP contribution in [0.3, 0.4) is 0 Å². The van der Waals surface area contributed by atoms with Crippen LogP contribution >= 0.6 is 11.8 Å². The summed E-state index contributed by atoms with van der Waals surface area (Å²) in [6.07, 6.45) is 2.71. The Morgan fingerprint density at radius 2 is 2.35 bits per heavy atom. The van der Waals surface area contributed by atoms with Gasteiger partial charge in [0.1, 0.15) is 11.1 Å². The van der Waals surface area contributed by atoms with Crippen molar-refractivity contribution in [3.63, 3.8) is 0 Å². The normalized spacial score (nSPS) is 30.9. The molecule has 10 heteroatoms. The summed E-state index contributed by atoms with van der Waals surface area (Å²) in [4.78, 5) is 25.4. The van der Waals surface area contributed by atoms with Crippen LogP contribution in [0.25, 0.3) is 0 Å². The van der Waals surface area contributed by atoms with E-state index < -0.39 is 22.7 Å². The Morgan fingerprint density at radius 1 is 1.57 bits per heavy atom. The lowest BCUT2D eigenvalue weighted by atomic mass is 9.91. The number of tetrazole rings is 1. The molecule has 0 aromatic carbocycles. The van der Waals surface area contributed by atoms with Gasteiger partial charge in [0.2, 0.25) is 5.91 Å². The second-order valence-corrected chi connectivity index (χ2v) is 7.57. The van der Waals surface area contributed by atoms with E-state index in [-0.39, 0.29) is 17.8 Å². The van der Waals surface area contributed by atoms with Gasteiger partial charge in [0, 0.05) is 13.1 Å². The lowest BCUT2D eigenvalue weighted by Gasteiger charge is -2.42. The number of hydrogen-bond donors (Lipinski definition) is 2. The van der Waals surface area contributed by atoms with Crippen LogP contribution in [-0.2, 0) is 16.1 Å². The first-order valence-electron chi connectivity index (χ1n) is 7.55. The fraction of sp³-hybridized carbons (Fsp3) is 0.769. The molecule has 3 heterocycles. The molecular formula is C13H19N5O4S. The summed E-state index contributed by atoms with van der Waals surface area (Å²) in [5.74, 6) is -1.52. The van der Waals surface area contributed by atoms with E-state index in [1.807, 2.05) is 0 Å². The van der Waals surface area contributed by atoms with Crippen molar-refractivity contribution in [2.75, 3.05) is 6.54 Å². The van der Waals surface area contributed by atoms with Crippen LogP contribution in [0.4, 0.5) is 0 Å². The Bertz CT molecular complexity index is 595. The van der Waals surface area contributed by atoms with Crippen molar-refractivity contribution in [1.29, 1.82) is 0 Å². The molecule has 2 aliphatic rings. The second-order valence-electron chi connectivity index (χ2n) is 6.07. The zero-order valence-electron chi connectivity index (χ0n) is 12.7. The van der Waals surface area contributed by atoms with E-state index in [2.05, 4.69) is 15.5 Å². The summed E-state index contributed by atoms with van der Waals surface area (Å²) >= 11 is 1.30. The molecule has 9 nitrogen and oxygen atoms in total. The minimum Gasteiger partial charge on any atom is -0.480 e. The largest absolute Gasteiger partial charge is 0.480 e. The number of carboxylic acid groups (broad SMARTS) is 1. The van der Waals surface area contributed by atoms with Gasteiger partial charge in [0.25, 0.3) is 0 Å². The third-order valence-corrected chi connectivity index (χ3v) is 6.22. The molecule has 2 saturated heterocycles. The highest BCUT2D eigenvalue weighted by molar-refractivity contribution is 8.02. The molecule has 1 unspecified atom stereocenters. The molecule has 1 amide bonds. The number of rotatable bonds is 7. The van der Waals surface area contributed by atoms with Crippen LogP contribution in [-0.4, -0.2) is 70.0 Å². The predicted octanol–water partition coefficient (Wildman–Crippen LogP) is -0.421. The number of carboxylic acids is 1. The lowest BCUT2D eigenvalue weighted by Crippen LogP contribution is -2.60. The van der Waals surface area contributed by atoms with Crippen LogP contribution in [0.5, 0.6) is 0 Å². The smallest absolute Gasteiger partial charge is 0.321 e. The van der Waals surface area contributed by atoms with Gasteiger partial charge in [0.15, 0.2) is 0 Å². The molecule has 2 fully saturated rings. The van der Waals surface area contributed by atoms with Gasteiger partial charge in [-0.05, 0) is 36.6 Å². The number of carbonyl (C=O) groups is 2. The number of carbonyl (C=O) groups excluding carboxylic acids is 1. The van der Waals surface area contributed by atoms with Crippen molar-refractivity contribution in [3.8, 4) is 0 Å². The zero-order chi connectivity index (χ0) is 16.6. The van der Waals surface area contributed by atoms with Crippen molar-refractivity contribution < 1.29 is 19.8 Å². The monoisotopic (exact) mass is 341 g/mol. The summed E-state index contributed by atoms with van der Waals surface area (Å²) in [6.45, 7) is 2.42. The minimum atomic E-state index is -0.982. The van der Waals surface area contributed by atoms with Crippen molar-refractivity contribution in [3.05, 3.63) is 6.33 Å². The standard InChI is InChI=1S/C13H19N5O4S/c1-8(19)9-10(20)18-6-13(12(21)22,23-11(9)18)4-2-3-5-17-7-14-15-16-17/h7-9,11,19H,2-6H2,1H3,(H,21,22)/t8-,9+,11-,13?/m1/s1. The predicted molar refractivity (Wildman–Crippen MR) is 80.3 cm³/mol. The minimum absolute atomic E-state index is 0.144. The fourth-order valence-corrected chi connectivity index (χ4v) is 5.01. The molecule has 0 aliphatic carbocycles. The zero-order valence-corrected chi connectivity index (χ0v) is 13.5. The molecule has 0 bridgehead atoms. The first kappa shape index (κ1) is 16.2. The molecule has 0 saturated carbocycles. The van der Waals surface area contributed by atoms with E-state index in [1.54, 1.807) is 16.5 Å². The quantitative estimate of drug-likeness (QED) is 0.506. The molecule has 1 aromatic rings. The topological polar surface area (TPSA) is 121 Å². The van der Waals surface area contributed by atoms with Crippen molar-refractivity contribution >= 4 is 23.6 Å².